The van der Waals surface area contributed by atoms with Gasteiger partial charge in [0.05, 0.1) is 18.7 Å². The number of nitrogens with zero attached hydrogens (tertiary/aromatic N) is 1. The molecule has 116 valence electrons. The molecule has 2 aliphatic heterocycles. The number of halogens is 1. The summed E-state index contributed by atoms with van der Waals surface area (Å²) in [6, 6.07) is 10.1. The van der Waals surface area contributed by atoms with Gasteiger partial charge in [0, 0.05) is 18.2 Å². The number of hydrogen-bond donors (Lipinski definition) is 1. The summed E-state index contributed by atoms with van der Waals surface area (Å²) in [5, 5.41) is 3.25. The third-order valence-electron chi connectivity index (χ3n) is 3.76. The van der Waals surface area contributed by atoms with Crippen LogP contribution in [0.15, 0.2) is 30.3 Å². The van der Waals surface area contributed by atoms with Crippen molar-refractivity contribution >= 4 is 30.1 Å². The number of morpholine rings is 1. The Morgan fingerprint density at radius 3 is 2.76 bits per heavy atom. The number of amides is 1. The normalized spacial score (nSPS) is 29.0. The molecule has 1 aromatic rings. The SMILES string of the molecule is CC1CN(C(=O)C2CSCN2)CC(c2ccccc2)O1.Cl. The highest BCUT2D eigenvalue weighted by atomic mass is 35.5. The number of nitrogens with one attached hydrogen (secondary N) is 1. The minimum Gasteiger partial charge on any atom is -0.367 e. The van der Waals surface area contributed by atoms with Crippen LogP contribution in [0.5, 0.6) is 0 Å². The lowest BCUT2D eigenvalue weighted by Gasteiger charge is -2.38. The van der Waals surface area contributed by atoms with E-state index in [1.807, 2.05) is 30.0 Å². The van der Waals surface area contributed by atoms with Crippen LogP contribution in [0.1, 0.15) is 18.6 Å². The van der Waals surface area contributed by atoms with Crippen LogP contribution in [-0.4, -0.2) is 47.7 Å². The van der Waals surface area contributed by atoms with Crippen LogP contribution in [0.3, 0.4) is 0 Å². The predicted molar refractivity (Wildman–Crippen MR) is 87.8 cm³/mol. The molecule has 0 radical (unpaired) electrons. The average Bonchev–Trinajstić information content (AvgIpc) is 3.01. The summed E-state index contributed by atoms with van der Waals surface area (Å²) in [5.41, 5.74) is 1.14. The van der Waals surface area contributed by atoms with Crippen molar-refractivity contribution < 1.29 is 9.53 Å². The van der Waals surface area contributed by atoms with E-state index in [1.165, 1.54) is 0 Å². The summed E-state index contributed by atoms with van der Waals surface area (Å²) in [7, 11) is 0. The number of carbonyl (C=O) groups is 1. The summed E-state index contributed by atoms with van der Waals surface area (Å²) in [4.78, 5) is 14.5. The molecule has 2 fully saturated rings. The number of ether oxygens (including phenoxy) is 1. The Morgan fingerprint density at radius 2 is 2.10 bits per heavy atom. The highest BCUT2D eigenvalue weighted by molar-refractivity contribution is 7.99. The van der Waals surface area contributed by atoms with Gasteiger partial charge in [0.1, 0.15) is 6.10 Å². The van der Waals surface area contributed by atoms with Crippen LogP contribution in [0.2, 0.25) is 0 Å². The van der Waals surface area contributed by atoms with Crippen LogP contribution in [0, 0.1) is 0 Å². The Bertz CT molecular complexity index is 468. The second-order valence-electron chi connectivity index (χ2n) is 5.36. The molecule has 0 aliphatic carbocycles. The molecule has 2 saturated heterocycles. The molecule has 2 heterocycles. The standard InChI is InChI=1S/C15H20N2O2S.ClH/c1-11-7-17(15(18)13-9-20-10-16-13)8-14(19-11)12-5-3-2-4-6-12;/h2-6,11,13-14,16H,7-10H2,1H3;1H. The molecule has 2 aliphatic rings. The van der Waals surface area contributed by atoms with E-state index in [1.54, 1.807) is 11.8 Å². The zero-order valence-corrected chi connectivity index (χ0v) is 13.7. The lowest BCUT2D eigenvalue weighted by molar-refractivity contribution is -0.146. The van der Waals surface area contributed by atoms with Crippen molar-refractivity contribution in [1.82, 2.24) is 10.2 Å². The van der Waals surface area contributed by atoms with Crippen molar-refractivity contribution in [2.24, 2.45) is 0 Å². The number of rotatable bonds is 2. The van der Waals surface area contributed by atoms with Crippen molar-refractivity contribution in [3.63, 3.8) is 0 Å². The maximum Gasteiger partial charge on any atom is 0.240 e. The average molecular weight is 329 g/mol. The van der Waals surface area contributed by atoms with Gasteiger partial charge in [-0.3, -0.25) is 10.1 Å². The molecular formula is C15H21ClN2O2S. The van der Waals surface area contributed by atoms with Gasteiger partial charge in [0.25, 0.3) is 0 Å². The molecule has 1 amide bonds. The fourth-order valence-corrected chi connectivity index (χ4v) is 3.69. The molecular weight excluding hydrogens is 308 g/mol. The van der Waals surface area contributed by atoms with E-state index in [-0.39, 0.29) is 36.6 Å². The second-order valence-corrected chi connectivity index (χ2v) is 6.39. The molecule has 0 spiro atoms. The fourth-order valence-electron chi connectivity index (χ4n) is 2.76. The molecule has 3 unspecified atom stereocenters. The largest absolute Gasteiger partial charge is 0.367 e. The first-order chi connectivity index (χ1) is 9.74. The molecule has 0 saturated carbocycles. The topological polar surface area (TPSA) is 41.6 Å². The number of benzene rings is 1. The van der Waals surface area contributed by atoms with E-state index in [2.05, 4.69) is 17.4 Å². The van der Waals surface area contributed by atoms with Gasteiger partial charge in [0.15, 0.2) is 0 Å². The number of carbonyl (C=O) groups excluding carboxylic acids is 1. The predicted octanol–water partition coefficient (Wildman–Crippen LogP) is 2.06. The fraction of sp³-hybridized carbons (Fsp3) is 0.533. The van der Waals surface area contributed by atoms with Crippen LogP contribution < -0.4 is 5.32 Å². The van der Waals surface area contributed by atoms with Crippen molar-refractivity contribution in [1.29, 1.82) is 0 Å². The van der Waals surface area contributed by atoms with E-state index >= 15 is 0 Å². The lowest BCUT2D eigenvalue weighted by Crippen LogP contribution is -2.52. The molecule has 4 nitrogen and oxygen atoms in total. The van der Waals surface area contributed by atoms with Gasteiger partial charge >= 0.3 is 0 Å². The van der Waals surface area contributed by atoms with Crippen molar-refractivity contribution in [3.8, 4) is 0 Å². The molecule has 1 N–H and O–H groups in total. The molecule has 21 heavy (non-hydrogen) atoms. The zero-order chi connectivity index (χ0) is 13.9. The molecule has 0 bridgehead atoms. The smallest absolute Gasteiger partial charge is 0.240 e. The number of hydrogen-bond acceptors (Lipinski definition) is 4. The van der Waals surface area contributed by atoms with Crippen LogP contribution in [-0.2, 0) is 9.53 Å². The second kappa shape index (κ2) is 7.49. The molecule has 3 rings (SSSR count). The first kappa shape index (κ1) is 16.6. The van der Waals surface area contributed by atoms with E-state index < -0.39 is 0 Å². The lowest BCUT2D eigenvalue weighted by atomic mass is 10.1. The summed E-state index contributed by atoms with van der Waals surface area (Å²) in [5.74, 6) is 1.96. The van der Waals surface area contributed by atoms with E-state index in [9.17, 15) is 4.79 Å². The highest BCUT2D eigenvalue weighted by Gasteiger charge is 2.33. The van der Waals surface area contributed by atoms with Crippen LogP contribution in [0.4, 0.5) is 0 Å². The van der Waals surface area contributed by atoms with Gasteiger partial charge in [-0.1, -0.05) is 30.3 Å². The highest BCUT2D eigenvalue weighted by Crippen LogP contribution is 2.26. The van der Waals surface area contributed by atoms with E-state index in [4.69, 9.17) is 4.74 Å². The third-order valence-corrected chi connectivity index (χ3v) is 4.70. The summed E-state index contributed by atoms with van der Waals surface area (Å²) in [6.07, 6.45) is 0.0601. The third kappa shape index (κ3) is 3.92. The maximum absolute atomic E-state index is 12.5. The molecule has 6 heteroatoms. The van der Waals surface area contributed by atoms with E-state index in [0.29, 0.717) is 13.1 Å². The summed E-state index contributed by atoms with van der Waals surface area (Å²) < 4.78 is 6.00. The van der Waals surface area contributed by atoms with Gasteiger partial charge in [-0.15, -0.1) is 24.2 Å². The monoisotopic (exact) mass is 328 g/mol. The minimum atomic E-state index is -0.0262. The molecule has 0 aromatic heterocycles. The summed E-state index contributed by atoms with van der Waals surface area (Å²) >= 11 is 1.78. The van der Waals surface area contributed by atoms with Crippen molar-refractivity contribution in [3.05, 3.63) is 35.9 Å². The van der Waals surface area contributed by atoms with Gasteiger partial charge in [-0.25, -0.2) is 0 Å². The zero-order valence-electron chi connectivity index (χ0n) is 12.0. The van der Waals surface area contributed by atoms with Gasteiger partial charge in [0.2, 0.25) is 5.91 Å². The maximum atomic E-state index is 12.5. The van der Waals surface area contributed by atoms with Gasteiger partial charge < -0.3 is 9.64 Å². The van der Waals surface area contributed by atoms with Gasteiger partial charge in [-0.2, -0.15) is 0 Å². The van der Waals surface area contributed by atoms with Crippen molar-refractivity contribution in [2.45, 2.75) is 25.2 Å². The quantitative estimate of drug-likeness (QED) is 0.902. The van der Waals surface area contributed by atoms with Gasteiger partial charge in [-0.05, 0) is 12.5 Å². The van der Waals surface area contributed by atoms with Crippen LogP contribution in [0.25, 0.3) is 0 Å². The Balaban J connectivity index is 0.00000161. The first-order valence-corrected chi connectivity index (χ1v) is 8.20. The first-order valence-electron chi connectivity index (χ1n) is 7.04. The molecule has 1 aromatic carbocycles. The van der Waals surface area contributed by atoms with Crippen molar-refractivity contribution in [2.75, 3.05) is 24.7 Å². The molecule has 3 atom stereocenters. The minimum absolute atomic E-state index is 0. The summed E-state index contributed by atoms with van der Waals surface area (Å²) in [6.45, 7) is 3.37. The van der Waals surface area contributed by atoms with E-state index in [0.717, 1.165) is 17.2 Å². The Labute approximate surface area is 136 Å². The Kier molecular flexibility index (Phi) is 5.93. The van der Waals surface area contributed by atoms with Crippen LogP contribution >= 0.6 is 24.2 Å². The Hall–Kier alpha value is -0.750. The Morgan fingerprint density at radius 1 is 1.33 bits per heavy atom. The number of thioether (sulfide) groups is 1.